The smallest absolute Gasteiger partial charge is 0.0493 e. The van der Waals surface area contributed by atoms with Gasteiger partial charge in [0, 0.05) is 74.5 Å². The van der Waals surface area contributed by atoms with Gasteiger partial charge in [-0.2, -0.15) is 0 Å². The predicted octanol–water partition coefficient (Wildman–Crippen LogP) is 19.2. The van der Waals surface area contributed by atoms with Crippen molar-refractivity contribution in [1.82, 2.24) is 0 Å². The van der Waals surface area contributed by atoms with Crippen molar-refractivity contribution in [3.8, 4) is 22.3 Å². The summed E-state index contributed by atoms with van der Waals surface area (Å²) < 4.78 is 5.26. The number of nitrogens with zero attached hydrogens (tertiary/aromatic N) is 2. The quantitative estimate of drug-likeness (QED) is 0.162. The van der Waals surface area contributed by atoms with Crippen molar-refractivity contribution < 1.29 is 0 Å². The summed E-state index contributed by atoms with van der Waals surface area (Å²) in [7, 11) is 0. The van der Waals surface area contributed by atoms with Crippen LogP contribution in [0.25, 0.3) is 84.1 Å². The molecule has 0 fully saturated rings. The van der Waals surface area contributed by atoms with Crippen LogP contribution in [0.3, 0.4) is 0 Å². The van der Waals surface area contributed by atoms with Crippen LogP contribution in [-0.4, -0.2) is 0 Å². The van der Waals surface area contributed by atoms with Gasteiger partial charge >= 0.3 is 0 Å². The third-order valence-corrected chi connectivity index (χ3v) is 17.5. The van der Waals surface area contributed by atoms with Crippen molar-refractivity contribution in [2.45, 2.75) is 25.7 Å². The highest BCUT2D eigenvalue weighted by atomic mass is 32.1. The molecule has 0 spiro atoms. The Bertz CT molecular complexity index is 3920. The molecule has 330 valence electrons. The number of benzene rings is 11. The zero-order valence-electron chi connectivity index (χ0n) is 38.3. The van der Waals surface area contributed by atoms with Crippen LogP contribution in [0.2, 0.25) is 0 Å². The van der Waals surface area contributed by atoms with Crippen LogP contribution >= 0.6 is 22.7 Å². The molecule has 0 saturated carbocycles. The lowest BCUT2D eigenvalue weighted by atomic mass is 9.84. The van der Waals surface area contributed by atoms with Gasteiger partial charge in [0.2, 0.25) is 0 Å². The number of rotatable bonds is 4. The van der Waals surface area contributed by atoms with Crippen molar-refractivity contribution in [3.05, 3.63) is 241 Å². The molecule has 2 aliphatic heterocycles. The van der Waals surface area contributed by atoms with E-state index in [-0.39, 0.29) is 0 Å². The summed E-state index contributed by atoms with van der Waals surface area (Å²) in [6.45, 7) is 0. The Hall–Kier alpha value is -8.02. The standard InChI is InChI=1S/C66H44N2S2/c1-7-19-57-41(13-1)25-26-42-14-2-8-20-58(42)67(57)47-31-33-51-55(39-47)65(45-29-35-63-53(37-45)49-17-5-11-23-61(49)69-63)52-34-32-48(68-59-21-9-3-15-43(59)27-28-44-16-4-10-22-60(44)68)40-56(52)66(51)46-30-36-64-54(38-46)50-18-6-12-24-62(50)70-64/h1-24,29-40H,25-28H2. The summed E-state index contributed by atoms with van der Waals surface area (Å²) in [6.07, 6.45) is 4.00. The fraction of sp³-hybridized carbons (Fsp3) is 0.0606. The molecule has 0 amide bonds. The van der Waals surface area contributed by atoms with E-state index in [1.54, 1.807) is 0 Å². The lowest BCUT2D eigenvalue weighted by molar-refractivity contribution is 0.977. The van der Waals surface area contributed by atoms with Gasteiger partial charge in [-0.15, -0.1) is 22.7 Å². The maximum Gasteiger partial charge on any atom is 0.0493 e. The molecule has 0 bridgehead atoms. The second-order valence-electron chi connectivity index (χ2n) is 19.0. The van der Waals surface area contributed by atoms with Crippen LogP contribution in [0.1, 0.15) is 22.3 Å². The van der Waals surface area contributed by atoms with Crippen molar-refractivity contribution >= 4 is 119 Å². The van der Waals surface area contributed by atoms with Crippen LogP contribution in [0, 0.1) is 0 Å². The van der Waals surface area contributed by atoms with Crippen molar-refractivity contribution in [3.63, 3.8) is 0 Å². The van der Waals surface area contributed by atoms with E-state index in [0.717, 1.165) is 37.1 Å². The summed E-state index contributed by atoms with van der Waals surface area (Å²) in [4.78, 5) is 5.06. The van der Waals surface area contributed by atoms with E-state index in [4.69, 9.17) is 0 Å². The van der Waals surface area contributed by atoms with Gasteiger partial charge in [0.25, 0.3) is 0 Å². The highest BCUT2D eigenvalue weighted by Gasteiger charge is 2.27. The summed E-state index contributed by atoms with van der Waals surface area (Å²) in [5.41, 5.74) is 17.8. The monoisotopic (exact) mass is 928 g/mol. The number of thiophene rings is 2. The number of aryl methyl sites for hydroxylation is 4. The van der Waals surface area contributed by atoms with Gasteiger partial charge in [0.05, 0.1) is 0 Å². The Morgan fingerprint density at radius 3 is 1.00 bits per heavy atom. The minimum Gasteiger partial charge on any atom is -0.310 e. The van der Waals surface area contributed by atoms with Crippen LogP contribution in [0.4, 0.5) is 34.1 Å². The highest BCUT2D eigenvalue weighted by molar-refractivity contribution is 7.26. The molecule has 0 atom stereocenters. The number of fused-ring (bicyclic) bond motifs is 12. The Morgan fingerprint density at radius 2 is 0.600 bits per heavy atom. The lowest BCUT2D eigenvalue weighted by Crippen LogP contribution is -2.12. The topological polar surface area (TPSA) is 6.48 Å². The largest absolute Gasteiger partial charge is 0.310 e. The first kappa shape index (κ1) is 39.9. The van der Waals surface area contributed by atoms with Crippen LogP contribution < -0.4 is 9.80 Å². The van der Waals surface area contributed by atoms with Gasteiger partial charge < -0.3 is 9.80 Å². The van der Waals surface area contributed by atoms with Gasteiger partial charge in [-0.25, -0.2) is 0 Å². The second kappa shape index (κ2) is 15.8. The van der Waals surface area contributed by atoms with Gasteiger partial charge in [-0.1, -0.05) is 133 Å². The van der Waals surface area contributed by atoms with E-state index in [2.05, 4.69) is 228 Å². The van der Waals surface area contributed by atoms with E-state index in [0.29, 0.717) is 0 Å². The molecule has 13 aromatic rings. The van der Waals surface area contributed by atoms with Crippen molar-refractivity contribution in [1.29, 1.82) is 0 Å². The van der Waals surface area contributed by atoms with Crippen LogP contribution in [0.5, 0.6) is 0 Å². The Kier molecular flexibility index (Phi) is 8.99. The minimum atomic E-state index is 1.000. The third kappa shape index (κ3) is 6.16. The first-order valence-corrected chi connectivity index (χ1v) is 26.1. The molecule has 0 saturated heterocycles. The van der Waals surface area contributed by atoms with E-state index in [9.17, 15) is 0 Å². The SMILES string of the molecule is c1ccc2c(c1)CCc1ccccc1N2c1ccc2c(-c3ccc4sc5ccccc5c4c3)c3cc(N4c5ccccc5CCc5ccccc54)ccc3c(-c3ccc4sc5ccccc5c4c3)c2c1. The molecule has 15 rings (SSSR count). The Labute approximate surface area is 414 Å². The van der Waals surface area contributed by atoms with Gasteiger partial charge in [-0.05, 0) is 177 Å². The van der Waals surface area contributed by atoms with Crippen molar-refractivity contribution in [2.24, 2.45) is 0 Å². The Morgan fingerprint density at radius 1 is 0.257 bits per heavy atom. The molecule has 0 aliphatic carbocycles. The van der Waals surface area contributed by atoms with E-state index in [1.807, 2.05) is 22.7 Å². The first-order valence-electron chi connectivity index (χ1n) is 24.5. The fourth-order valence-electron chi connectivity index (χ4n) is 12.0. The maximum atomic E-state index is 2.53. The zero-order chi connectivity index (χ0) is 45.9. The molecule has 0 N–H and O–H groups in total. The van der Waals surface area contributed by atoms with Crippen LogP contribution in [0.15, 0.2) is 218 Å². The molecule has 4 heteroatoms. The second-order valence-corrected chi connectivity index (χ2v) is 21.2. The van der Waals surface area contributed by atoms with Gasteiger partial charge in [0.15, 0.2) is 0 Å². The number of anilines is 6. The molecular weight excluding hydrogens is 885 g/mol. The molecular formula is C66H44N2S2. The molecule has 2 nitrogen and oxygen atoms in total. The molecule has 0 radical (unpaired) electrons. The summed E-state index contributed by atoms with van der Waals surface area (Å²) >= 11 is 3.76. The molecule has 4 heterocycles. The van der Waals surface area contributed by atoms with E-state index < -0.39 is 0 Å². The summed E-state index contributed by atoms with van der Waals surface area (Å²) in [5, 5.41) is 10.2. The van der Waals surface area contributed by atoms with E-state index in [1.165, 1.54) is 129 Å². The van der Waals surface area contributed by atoms with E-state index >= 15 is 0 Å². The molecule has 2 aromatic heterocycles. The molecule has 70 heavy (non-hydrogen) atoms. The normalized spacial score (nSPS) is 13.4. The average Bonchev–Trinajstić information content (AvgIpc) is 3.86. The molecule has 2 aliphatic rings. The van der Waals surface area contributed by atoms with Gasteiger partial charge in [-0.3, -0.25) is 0 Å². The number of hydrogen-bond donors (Lipinski definition) is 0. The Balaban J connectivity index is 1.08. The first-order chi connectivity index (χ1) is 34.7. The average molecular weight is 929 g/mol. The predicted molar refractivity (Wildman–Crippen MR) is 302 cm³/mol. The minimum absolute atomic E-state index is 1.000. The van der Waals surface area contributed by atoms with Crippen LogP contribution in [-0.2, 0) is 25.7 Å². The summed E-state index contributed by atoms with van der Waals surface area (Å²) in [6, 6.07) is 83.0. The molecule has 0 unspecified atom stereocenters. The fourth-order valence-corrected chi connectivity index (χ4v) is 14.2. The summed E-state index contributed by atoms with van der Waals surface area (Å²) in [5.74, 6) is 0. The highest BCUT2D eigenvalue weighted by Crippen LogP contribution is 2.52. The third-order valence-electron chi connectivity index (χ3n) is 15.2. The maximum absolute atomic E-state index is 2.53. The van der Waals surface area contributed by atoms with Crippen molar-refractivity contribution in [2.75, 3.05) is 9.80 Å². The lowest BCUT2D eigenvalue weighted by Gasteiger charge is -2.29. The molecule has 11 aromatic carbocycles. The van der Waals surface area contributed by atoms with Gasteiger partial charge in [0.1, 0.15) is 0 Å². The zero-order valence-corrected chi connectivity index (χ0v) is 40.0. The number of hydrogen-bond acceptors (Lipinski definition) is 4. The number of para-hydroxylation sites is 4.